The monoisotopic (exact) mass is 403 g/mol. The van der Waals surface area contributed by atoms with Crippen LogP contribution in [0.5, 0.6) is 0 Å². The molecule has 0 aliphatic carbocycles. The summed E-state index contributed by atoms with van der Waals surface area (Å²) in [7, 11) is 0. The van der Waals surface area contributed by atoms with Gasteiger partial charge in [0.15, 0.2) is 5.13 Å². The maximum absolute atomic E-state index is 12.4. The van der Waals surface area contributed by atoms with Crippen molar-refractivity contribution < 1.29 is 4.79 Å². The smallest absolute Gasteiger partial charge is 0.258 e. The van der Waals surface area contributed by atoms with Crippen LogP contribution in [0.1, 0.15) is 15.4 Å². The number of nitrogens with zero attached hydrogens (tertiary/aromatic N) is 2. The van der Waals surface area contributed by atoms with Crippen molar-refractivity contribution in [3.05, 3.63) is 51.4 Å². The highest BCUT2D eigenvalue weighted by Crippen LogP contribution is 2.34. The molecular formula is C16H10BrN3OS2. The Morgan fingerprint density at radius 2 is 1.96 bits per heavy atom. The van der Waals surface area contributed by atoms with Crippen LogP contribution in [0.4, 0.5) is 5.13 Å². The summed E-state index contributed by atoms with van der Waals surface area (Å²) < 4.78 is 2.91. The molecule has 0 aliphatic heterocycles. The van der Waals surface area contributed by atoms with Gasteiger partial charge in [-0.15, -0.1) is 11.3 Å². The number of rotatable bonds is 2. The topological polar surface area (TPSA) is 54.9 Å². The number of hydrogen-bond acceptors (Lipinski definition) is 5. The molecule has 0 saturated heterocycles. The normalized spacial score (nSPS) is 11.2. The van der Waals surface area contributed by atoms with E-state index in [1.807, 2.05) is 37.3 Å². The standard InChI is InChI=1S/C16H10BrN3OS2/c1-8-18-13-12(22-8)7-6-11-14(13)23-16(19-11)20-15(21)9-4-2-3-5-10(9)17/h2-7H,1H3,(H,19,20,21). The molecule has 2 heterocycles. The molecule has 4 rings (SSSR count). The van der Waals surface area contributed by atoms with E-state index in [4.69, 9.17) is 0 Å². The largest absolute Gasteiger partial charge is 0.298 e. The Kier molecular flexibility index (Phi) is 3.63. The second-order valence-electron chi connectivity index (χ2n) is 4.95. The summed E-state index contributed by atoms with van der Waals surface area (Å²) in [6.45, 7) is 1.99. The SMILES string of the molecule is Cc1nc2c(ccc3nc(NC(=O)c4ccccc4Br)sc32)s1. The quantitative estimate of drug-likeness (QED) is 0.498. The molecule has 7 heteroatoms. The van der Waals surface area contributed by atoms with Crippen LogP contribution in [-0.2, 0) is 0 Å². The zero-order chi connectivity index (χ0) is 16.0. The molecular weight excluding hydrogens is 394 g/mol. The van der Waals surface area contributed by atoms with Crippen LogP contribution < -0.4 is 5.32 Å². The molecule has 0 spiro atoms. The predicted octanol–water partition coefficient (Wildman–Crippen LogP) is 5.23. The summed E-state index contributed by atoms with van der Waals surface area (Å²) in [5.41, 5.74) is 2.40. The highest BCUT2D eigenvalue weighted by atomic mass is 79.9. The molecule has 4 nitrogen and oxygen atoms in total. The summed E-state index contributed by atoms with van der Waals surface area (Å²) in [6.07, 6.45) is 0. The van der Waals surface area contributed by atoms with E-state index in [0.29, 0.717) is 10.7 Å². The van der Waals surface area contributed by atoms with Crippen LogP contribution in [-0.4, -0.2) is 15.9 Å². The van der Waals surface area contributed by atoms with Crippen molar-refractivity contribution in [2.24, 2.45) is 0 Å². The maximum Gasteiger partial charge on any atom is 0.258 e. The van der Waals surface area contributed by atoms with Crippen molar-refractivity contribution in [3.8, 4) is 0 Å². The first kappa shape index (κ1) is 14.7. The fraction of sp³-hybridized carbons (Fsp3) is 0.0625. The Hall–Kier alpha value is -1.83. The minimum atomic E-state index is -0.178. The van der Waals surface area contributed by atoms with Crippen molar-refractivity contribution in [3.63, 3.8) is 0 Å². The van der Waals surface area contributed by atoms with E-state index < -0.39 is 0 Å². The number of carbonyl (C=O) groups excluding carboxylic acids is 1. The van der Waals surface area contributed by atoms with Crippen molar-refractivity contribution >= 4 is 70.1 Å². The third kappa shape index (κ3) is 2.65. The number of carbonyl (C=O) groups is 1. The summed E-state index contributed by atoms with van der Waals surface area (Å²) in [5.74, 6) is -0.178. The van der Waals surface area contributed by atoms with Crippen LogP contribution in [0, 0.1) is 6.92 Å². The van der Waals surface area contributed by atoms with Crippen molar-refractivity contribution in [2.45, 2.75) is 6.92 Å². The van der Waals surface area contributed by atoms with E-state index in [1.165, 1.54) is 11.3 Å². The van der Waals surface area contributed by atoms with Crippen LogP contribution in [0.2, 0.25) is 0 Å². The Balaban J connectivity index is 1.73. The van der Waals surface area contributed by atoms with Gasteiger partial charge in [-0.1, -0.05) is 23.5 Å². The van der Waals surface area contributed by atoms with E-state index in [-0.39, 0.29) is 5.91 Å². The maximum atomic E-state index is 12.4. The first-order valence-electron chi connectivity index (χ1n) is 6.84. The van der Waals surface area contributed by atoms with E-state index in [2.05, 4.69) is 31.2 Å². The van der Waals surface area contributed by atoms with Crippen molar-refractivity contribution in [2.75, 3.05) is 5.32 Å². The molecule has 0 fully saturated rings. The lowest BCUT2D eigenvalue weighted by Gasteiger charge is -2.03. The van der Waals surface area contributed by atoms with Gasteiger partial charge in [-0.2, -0.15) is 0 Å². The lowest BCUT2D eigenvalue weighted by molar-refractivity contribution is 0.102. The Bertz CT molecular complexity index is 1050. The van der Waals surface area contributed by atoms with E-state index >= 15 is 0 Å². The average Bonchev–Trinajstić information content (AvgIpc) is 3.09. The van der Waals surface area contributed by atoms with Gasteiger partial charge in [0, 0.05) is 4.47 Å². The highest BCUT2D eigenvalue weighted by molar-refractivity contribution is 9.10. The molecule has 0 atom stereocenters. The number of halogens is 1. The molecule has 0 bridgehead atoms. The zero-order valence-electron chi connectivity index (χ0n) is 12.0. The van der Waals surface area contributed by atoms with E-state index in [1.54, 1.807) is 17.4 Å². The first-order valence-corrected chi connectivity index (χ1v) is 9.27. The van der Waals surface area contributed by atoms with Crippen LogP contribution >= 0.6 is 38.6 Å². The molecule has 4 aromatic rings. The number of aryl methyl sites for hydroxylation is 1. The van der Waals surface area contributed by atoms with Crippen molar-refractivity contribution in [1.29, 1.82) is 0 Å². The molecule has 2 aromatic carbocycles. The first-order chi connectivity index (χ1) is 11.1. The van der Waals surface area contributed by atoms with Gasteiger partial charge in [0.25, 0.3) is 5.91 Å². The van der Waals surface area contributed by atoms with Gasteiger partial charge in [-0.05, 0) is 47.1 Å². The number of aromatic nitrogens is 2. The minimum absolute atomic E-state index is 0.178. The Morgan fingerprint density at radius 1 is 1.13 bits per heavy atom. The second kappa shape index (κ2) is 5.67. The van der Waals surface area contributed by atoms with Crippen LogP contribution in [0.3, 0.4) is 0 Å². The predicted molar refractivity (Wildman–Crippen MR) is 99.6 cm³/mol. The lowest BCUT2D eigenvalue weighted by Crippen LogP contribution is -2.12. The molecule has 0 aliphatic rings. The average molecular weight is 404 g/mol. The second-order valence-corrected chi connectivity index (χ2v) is 8.03. The molecule has 1 N–H and O–H groups in total. The Labute approximate surface area is 148 Å². The molecule has 23 heavy (non-hydrogen) atoms. The number of fused-ring (bicyclic) bond motifs is 3. The fourth-order valence-electron chi connectivity index (χ4n) is 2.35. The molecule has 2 aromatic heterocycles. The lowest BCUT2D eigenvalue weighted by atomic mass is 10.2. The summed E-state index contributed by atoms with van der Waals surface area (Å²) in [6, 6.07) is 11.3. The fourth-order valence-corrected chi connectivity index (χ4v) is 4.67. The zero-order valence-corrected chi connectivity index (χ0v) is 15.2. The number of thiazole rings is 2. The summed E-state index contributed by atoms with van der Waals surface area (Å²) >= 11 is 6.51. The molecule has 0 saturated carbocycles. The third-order valence-corrected chi connectivity index (χ3v) is 5.98. The minimum Gasteiger partial charge on any atom is -0.298 e. The summed E-state index contributed by atoms with van der Waals surface area (Å²) in [4.78, 5) is 21.5. The number of amides is 1. The number of nitrogens with one attached hydrogen (secondary N) is 1. The van der Waals surface area contributed by atoms with Gasteiger partial charge in [0.05, 0.1) is 25.5 Å². The molecule has 1 amide bonds. The summed E-state index contributed by atoms with van der Waals surface area (Å²) in [5, 5.41) is 4.48. The van der Waals surface area contributed by atoms with E-state index in [9.17, 15) is 4.79 Å². The molecule has 114 valence electrons. The van der Waals surface area contributed by atoms with Gasteiger partial charge in [-0.25, -0.2) is 9.97 Å². The van der Waals surface area contributed by atoms with Crippen LogP contribution in [0.15, 0.2) is 40.9 Å². The molecule has 0 radical (unpaired) electrons. The molecule has 0 unspecified atom stereocenters. The van der Waals surface area contributed by atoms with Gasteiger partial charge >= 0.3 is 0 Å². The number of benzene rings is 2. The third-order valence-electron chi connectivity index (χ3n) is 3.36. The van der Waals surface area contributed by atoms with Crippen molar-refractivity contribution in [1.82, 2.24) is 9.97 Å². The van der Waals surface area contributed by atoms with Crippen LogP contribution in [0.25, 0.3) is 20.4 Å². The number of hydrogen-bond donors (Lipinski definition) is 1. The van der Waals surface area contributed by atoms with Gasteiger partial charge in [0.1, 0.15) is 5.52 Å². The highest BCUT2D eigenvalue weighted by Gasteiger charge is 2.14. The van der Waals surface area contributed by atoms with Gasteiger partial charge < -0.3 is 0 Å². The van der Waals surface area contributed by atoms with Gasteiger partial charge in [-0.3, -0.25) is 10.1 Å². The van der Waals surface area contributed by atoms with Gasteiger partial charge in [0.2, 0.25) is 0 Å². The van der Waals surface area contributed by atoms with E-state index in [0.717, 1.165) is 29.9 Å². The Morgan fingerprint density at radius 3 is 2.78 bits per heavy atom. The number of anilines is 1.